The fourth-order valence-electron chi connectivity index (χ4n) is 3.72. The lowest BCUT2D eigenvalue weighted by Gasteiger charge is -2.27. The monoisotopic (exact) mass is 445 g/mol. The number of hydrogen-bond acceptors (Lipinski definition) is 6. The maximum atomic E-state index is 12.5. The van der Waals surface area contributed by atoms with E-state index in [9.17, 15) is 4.79 Å². The summed E-state index contributed by atoms with van der Waals surface area (Å²) in [6.45, 7) is 11.7. The minimum Gasteiger partial charge on any atom is -0.397 e. The molecule has 0 fully saturated rings. The first kappa shape index (κ1) is 24.1. The van der Waals surface area contributed by atoms with Gasteiger partial charge >= 0.3 is 0 Å². The molecule has 2 aromatic rings. The van der Waals surface area contributed by atoms with Crippen LogP contribution < -0.4 is 20.9 Å². The quantitative estimate of drug-likeness (QED) is 0.542. The van der Waals surface area contributed by atoms with Crippen LogP contribution in [0.25, 0.3) is 0 Å². The molecule has 174 valence electrons. The highest BCUT2D eigenvalue weighted by atomic mass is 16.1. The van der Waals surface area contributed by atoms with Crippen LogP contribution in [-0.4, -0.2) is 37.2 Å². The van der Waals surface area contributed by atoms with Crippen LogP contribution in [0.4, 0.5) is 22.7 Å². The minimum atomic E-state index is -0.166. The Morgan fingerprint density at radius 1 is 0.909 bits per heavy atom. The topological polar surface area (TPSA) is 74.0 Å². The zero-order chi connectivity index (χ0) is 24.1. The number of rotatable bonds is 8. The molecule has 0 amide bonds. The molecule has 0 atom stereocenters. The lowest BCUT2D eigenvalue weighted by Crippen LogP contribution is -2.30. The van der Waals surface area contributed by atoms with Crippen molar-refractivity contribution in [1.29, 1.82) is 0 Å². The molecule has 1 aliphatic rings. The number of nitrogens with one attached hydrogen (secondary N) is 1. The number of benzene rings is 2. The summed E-state index contributed by atoms with van der Waals surface area (Å²) in [5.74, 6) is -0.166. The fraction of sp³-hybridized carbons (Fsp3) is 0.333. The van der Waals surface area contributed by atoms with Gasteiger partial charge in [-0.05, 0) is 89.2 Å². The summed E-state index contributed by atoms with van der Waals surface area (Å²) < 4.78 is 0. The summed E-state index contributed by atoms with van der Waals surface area (Å²) in [7, 11) is 2.06. The molecule has 0 spiro atoms. The fourth-order valence-corrected chi connectivity index (χ4v) is 3.72. The minimum absolute atomic E-state index is 0.166. The van der Waals surface area contributed by atoms with Gasteiger partial charge in [0.1, 0.15) is 0 Å². The molecule has 3 rings (SSSR count). The number of nitrogens with two attached hydrogens (primary N) is 1. The summed E-state index contributed by atoms with van der Waals surface area (Å²) in [6.07, 6.45) is 3.14. The normalized spacial score (nSPS) is 15.0. The van der Waals surface area contributed by atoms with Crippen molar-refractivity contribution in [1.82, 2.24) is 0 Å². The Hall–Kier alpha value is -3.54. The van der Waals surface area contributed by atoms with Crippen molar-refractivity contribution in [2.45, 2.75) is 46.7 Å². The van der Waals surface area contributed by atoms with Crippen LogP contribution >= 0.6 is 0 Å². The number of aliphatic imine (C=N–C) groups is 1. The molecule has 0 bridgehead atoms. The van der Waals surface area contributed by atoms with E-state index in [1.807, 2.05) is 36.4 Å². The average molecular weight is 446 g/mol. The third-order valence-electron chi connectivity index (χ3n) is 5.85. The van der Waals surface area contributed by atoms with Crippen LogP contribution in [0.2, 0.25) is 0 Å². The molecule has 1 aliphatic carbocycles. The van der Waals surface area contributed by atoms with Crippen molar-refractivity contribution in [3.63, 3.8) is 0 Å². The van der Waals surface area contributed by atoms with Crippen LogP contribution in [0.15, 0.2) is 77.1 Å². The van der Waals surface area contributed by atoms with Crippen molar-refractivity contribution < 1.29 is 4.79 Å². The van der Waals surface area contributed by atoms with Crippen LogP contribution in [0.3, 0.4) is 0 Å². The second kappa shape index (κ2) is 10.4. The Labute approximate surface area is 197 Å². The van der Waals surface area contributed by atoms with Gasteiger partial charge in [0.15, 0.2) is 0 Å². The first-order chi connectivity index (χ1) is 15.7. The number of allylic oxidation sites excluding steroid dienone is 2. The van der Waals surface area contributed by atoms with Gasteiger partial charge in [-0.25, -0.2) is 4.99 Å². The Balaban J connectivity index is 1.80. The highest BCUT2D eigenvalue weighted by Gasteiger charge is 2.18. The number of nitrogens with zero attached hydrogens (tertiary/aromatic N) is 3. The van der Waals surface area contributed by atoms with Crippen molar-refractivity contribution in [2.75, 3.05) is 28.7 Å². The van der Waals surface area contributed by atoms with E-state index in [1.54, 1.807) is 6.08 Å². The number of ketones is 1. The Morgan fingerprint density at radius 2 is 1.52 bits per heavy atom. The zero-order valence-electron chi connectivity index (χ0n) is 20.5. The SMILES string of the molecule is CCN(c1ccc(/N=C2/C=C(Nc3ccc(N(C)C(C)C)cc3)C(=O)C=C2N)cc1)C(C)C. The van der Waals surface area contributed by atoms with E-state index in [0.29, 0.717) is 29.2 Å². The molecule has 0 saturated carbocycles. The smallest absolute Gasteiger partial charge is 0.204 e. The Morgan fingerprint density at radius 3 is 2.06 bits per heavy atom. The molecule has 0 radical (unpaired) electrons. The molecular formula is C27H35N5O. The van der Waals surface area contributed by atoms with E-state index in [2.05, 4.69) is 73.9 Å². The molecule has 0 unspecified atom stereocenters. The molecule has 0 heterocycles. The van der Waals surface area contributed by atoms with Gasteiger partial charge in [-0.2, -0.15) is 0 Å². The summed E-state index contributed by atoms with van der Waals surface area (Å²) in [5, 5.41) is 3.21. The Bertz CT molecular complexity index is 1060. The van der Waals surface area contributed by atoms with E-state index >= 15 is 0 Å². The summed E-state index contributed by atoms with van der Waals surface area (Å²) >= 11 is 0. The van der Waals surface area contributed by atoms with E-state index in [-0.39, 0.29) is 5.78 Å². The van der Waals surface area contributed by atoms with Gasteiger partial charge in [0, 0.05) is 48.8 Å². The second-order valence-corrected chi connectivity index (χ2v) is 8.79. The van der Waals surface area contributed by atoms with Gasteiger partial charge in [0.05, 0.1) is 22.8 Å². The van der Waals surface area contributed by atoms with Crippen molar-refractivity contribution in [3.05, 3.63) is 72.1 Å². The van der Waals surface area contributed by atoms with Crippen molar-refractivity contribution >= 4 is 34.2 Å². The van der Waals surface area contributed by atoms with Gasteiger partial charge in [0.2, 0.25) is 5.78 Å². The van der Waals surface area contributed by atoms with Gasteiger partial charge < -0.3 is 20.9 Å². The maximum Gasteiger partial charge on any atom is 0.204 e. The molecule has 2 aromatic carbocycles. The first-order valence-corrected chi connectivity index (χ1v) is 11.5. The lowest BCUT2D eigenvalue weighted by molar-refractivity contribution is -0.111. The summed E-state index contributed by atoms with van der Waals surface area (Å²) in [4.78, 5) is 21.7. The van der Waals surface area contributed by atoms with Crippen molar-refractivity contribution in [2.24, 2.45) is 10.7 Å². The van der Waals surface area contributed by atoms with E-state index in [1.165, 1.54) is 6.08 Å². The van der Waals surface area contributed by atoms with Crippen LogP contribution in [0.1, 0.15) is 34.6 Å². The average Bonchev–Trinajstić information content (AvgIpc) is 2.78. The molecule has 0 saturated heterocycles. The molecule has 0 aliphatic heterocycles. The summed E-state index contributed by atoms with van der Waals surface area (Å²) in [6, 6.07) is 16.9. The third kappa shape index (κ3) is 5.83. The van der Waals surface area contributed by atoms with Gasteiger partial charge in [-0.3, -0.25) is 4.79 Å². The van der Waals surface area contributed by atoms with E-state index in [4.69, 9.17) is 5.73 Å². The van der Waals surface area contributed by atoms with Gasteiger partial charge in [0.25, 0.3) is 0 Å². The van der Waals surface area contributed by atoms with Crippen molar-refractivity contribution in [3.8, 4) is 0 Å². The maximum absolute atomic E-state index is 12.5. The first-order valence-electron chi connectivity index (χ1n) is 11.5. The molecule has 3 N–H and O–H groups in total. The van der Waals surface area contributed by atoms with E-state index in [0.717, 1.165) is 29.3 Å². The molecule has 0 aromatic heterocycles. The van der Waals surface area contributed by atoms with E-state index < -0.39 is 0 Å². The van der Waals surface area contributed by atoms with Crippen LogP contribution in [0, 0.1) is 0 Å². The second-order valence-electron chi connectivity index (χ2n) is 8.79. The number of carbonyl (C=O) groups is 1. The zero-order valence-corrected chi connectivity index (χ0v) is 20.5. The lowest BCUT2D eigenvalue weighted by atomic mass is 10.1. The molecule has 6 heteroatoms. The predicted molar refractivity (Wildman–Crippen MR) is 141 cm³/mol. The number of carbonyl (C=O) groups excluding carboxylic acids is 1. The highest BCUT2D eigenvalue weighted by molar-refractivity contribution is 6.23. The van der Waals surface area contributed by atoms with Gasteiger partial charge in [-0.1, -0.05) is 0 Å². The summed E-state index contributed by atoms with van der Waals surface area (Å²) in [5.41, 5.74) is 11.4. The molecule has 33 heavy (non-hydrogen) atoms. The molecular weight excluding hydrogens is 410 g/mol. The Kier molecular flexibility index (Phi) is 7.59. The molecule has 6 nitrogen and oxygen atoms in total. The predicted octanol–water partition coefficient (Wildman–Crippen LogP) is 5.26. The largest absolute Gasteiger partial charge is 0.397 e. The third-order valence-corrected chi connectivity index (χ3v) is 5.85. The van der Waals surface area contributed by atoms with Crippen LogP contribution in [0.5, 0.6) is 0 Å². The highest BCUT2D eigenvalue weighted by Crippen LogP contribution is 2.24. The van der Waals surface area contributed by atoms with Gasteiger partial charge in [-0.15, -0.1) is 0 Å². The number of anilines is 3. The number of hydrogen-bond donors (Lipinski definition) is 2. The van der Waals surface area contributed by atoms with Crippen LogP contribution in [-0.2, 0) is 4.79 Å². The standard InChI is InChI=1S/C27H35N5O/c1-7-32(19(4)5)23-14-10-20(11-15-23)29-25-17-26(27(33)16-24(25)28)30-21-8-12-22(13-9-21)31(6)18(2)3/h8-19,30H,7,28H2,1-6H3/b29-25-.